The van der Waals surface area contributed by atoms with E-state index >= 15 is 0 Å². The third-order valence-electron chi connectivity index (χ3n) is 5.89. The first kappa shape index (κ1) is 27.6. The average Bonchev–Trinajstić information content (AvgIpc) is 3.64. The van der Waals surface area contributed by atoms with E-state index in [1.165, 1.54) is 10.8 Å². The lowest BCUT2D eigenvalue weighted by molar-refractivity contribution is -0.120. The maximum Gasteiger partial charge on any atom is 0.516 e. The standard InChI is InChI=1S/C24H24F3N3O6S2/c1-2-5-20-19(23(36-28-20)30-38(34,35)24(25,26)27)14-15-8-10-16(11-9-15)18-6-3-4-7-21(18)37(32,33)29-22(31)17-12-13-17/h3-4,6-11,17,30H,2,5,12-14H2,1H3,(H,29,31). The number of rotatable bonds is 10. The van der Waals surface area contributed by atoms with Crippen LogP contribution in [0, 0.1) is 5.92 Å². The Morgan fingerprint density at radius 1 is 1.05 bits per heavy atom. The predicted octanol–water partition coefficient (Wildman–Crippen LogP) is 4.36. The number of carbonyl (C=O) groups is 1. The summed E-state index contributed by atoms with van der Waals surface area (Å²) in [5.74, 6) is -1.45. The molecular weight excluding hydrogens is 547 g/mol. The minimum Gasteiger partial charge on any atom is -0.337 e. The molecule has 0 bridgehead atoms. The molecule has 1 saturated carbocycles. The van der Waals surface area contributed by atoms with Gasteiger partial charge in [0.15, 0.2) is 0 Å². The SMILES string of the molecule is CCCc1noc(NS(=O)(=O)C(F)(F)F)c1Cc1ccc(-c2ccccc2S(=O)(=O)NC(=O)C2CC2)cc1. The van der Waals surface area contributed by atoms with Gasteiger partial charge in [0.05, 0.1) is 10.6 Å². The Balaban J connectivity index is 1.61. The van der Waals surface area contributed by atoms with Crippen molar-refractivity contribution in [1.29, 1.82) is 0 Å². The lowest BCUT2D eigenvalue weighted by Gasteiger charge is -2.12. The summed E-state index contributed by atoms with van der Waals surface area (Å²) in [6.07, 6.45) is 2.24. The number of aromatic nitrogens is 1. The van der Waals surface area contributed by atoms with Crippen LogP contribution in [0.1, 0.15) is 43.0 Å². The number of carbonyl (C=O) groups excluding carboxylic acids is 1. The van der Waals surface area contributed by atoms with E-state index < -0.39 is 37.3 Å². The first-order valence-electron chi connectivity index (χ1n) is 11.6. The molecule has 2 aromatic carbocycles. The lowest BCUT2D eigenvalue weighted by Crippen LogP contribution is -2.32. The van der Waals surface area contributed by atoms with Crippen molar-refractivity contribution in [2.24, 2.45) is 5.92 Å². The number of benzene rings is 2. The Morgan fingerprint density at radius 2 is 1.71 bits per heavy atom. The van der Waals surface area contributed by atoms with E-state index in [-0.39, 0.29) is 22.8 Å². The second-order valence-electron chi connectivity index (χ2n) is 8.85. The molecule has 1 aromatic heterocycles. The van der Waals surface area contributed by atoms with Crippen molar-refractivity contribution in [3.8, 4) is 11.1 Å². The van der Waals surface area contributed by atoms with Gasteiger partial charge in [-0.15, -0.1) is 0 Å². The third kappa shape index (κ3) is 6.01. The van der Waals surface area contributed by atoms with Crippen molar-refractivity contribution >= 4 is 31.8 Å². The van der Waals surface area contributed by atoms with Crippen molar-refractivity contribution in [2.45, 2.75) is 49.4 Å². The molecule has 1 aliphatic rings. The molecule has 0 aliphatic heterocycles. The highest BCUT2D eigenvalue weighted by Gasteiger charge is 2.47. The smallest absolute Gasteiger partial charge is 0.337 e. The Bertz CT molecular complexity index is 1550. The summed E-state index contributed by atoms with van der Waals surface area (Å²) in [5.41, 5.74) is -3.59. The highest BCUT2D eigenvalue weighted by Crippen LogP contribution is 2.33. The third-order valence-corrected chi connectivity index (χ3v) is 8.36. The van der Waals surface area contributed by atoms with Crippen LogP contribution in [0.15, 0.2) is 57.9 Å². The summed E-state index contributed by atoms with van der Waals surface area (Å²) in [6.45, 7) is 1.82. The molecule has 0 spiro atoms. The zero-order valence-electron chi connectivity index (χ0n) is 20.1. The first-order valence-corrected chi connectivity index (χ1v) is 14.6. The van der Waals surface area contributed by atoms with Gasteiger partial charge in [-0.1, -0.05) is 61.0 Å². The fourth-order valence-corrected chi connectivity index (χ4v) is 5.57. The zero-order chi connectivity index (χ0) is 27.7. The molecule has 1 aliphatic carbocycles. The predicted molar refractivity (Wildman–Crippen MR) is 132 cm³/mol. The second-order valence-corrected chi connectivity index (χ2v) is 12.2. The molecule has 3 aromatic rings. The Hall–Kier alpha value is -3.39. The van der Waals surface area contributed by atoms with Gasteiger partial charge in [-0.05, 0) is 36.5 Å². The minimum atomic E-state index is -5.71. The van der Waals surface area contributed by atoms with Crippen LogP contribution in [0.4, 0.5) is 19.1 Å². The van der Waals surface area contributed by atoms with Crippen molar-refractivity contribution in [2.75, 3.05) is 4.72 Å². The molecule has 4 rings (SSSR count). The largest absolute Gasteiger partial charge is 0.516 e. The topological polar surface area (TPSA) is 135 Å². The van der Waals surface area contributed by atoms with Gasteiger partial charge in [0.2, 0.25) is 11.8 Å². The summed E-state index contributed by atoms with van der Waals surface area (Å²) in [7, 11) is -9.83. The number of hydrogen-bond donors (Lipinski definition) is 2. The lowest BCUT2D eigenvalue weighted by atomic mass is 9.99. The van der Waals surface area contributed by atoms with E-state index in [1.54, 1.807) is 42.5 Å². The Kier molecular flexibility index (Phi) is 7.57. The fraction of sp³-hybridized carbons (Fsp3) is 0.333. The Morgan fingerprint density at radius 3 is 2.32 bits per heavy atom. The van der Waals surface area contributed by atoms with Gasteiger partial charge in [0.25, 0.3) is 10.0 Å². The summed E-state index contributed by atoms with van der Waals surface area (Å²) in [6, 6.07) is 12.7. The quantitative estimate of drug-likeness (QED) is 0.369. The highest BCUT2D eigenvalue weighted by molar-refractivity contribution is 7.93. The van der Waals surface area contributed by atoms with Gasteiger partial charge >= 0.3 is 15.5 Å². The van der Waals surface area contributed by atoms with Gasteiger partial charge in [0, 0.05) is 23.5 Å². The van der Waals surface area contributed by atoms with Crippen LogP contribution in [-0.2, 0) is 37.7 Å². The fourth-order valence-electron chi connectivity index (χ4n) is 3.78. The molecule has 9 nitrogen and oxygen atoms in total. The molecule has 1 heterocycles. The van der Waals surface area contributed by atoms with Crippen LogP contribution < -0.4 is 9.44 Å². The number of anilines is 1. The summed E-state index contributed by atoms with van der Waals surface area (Å²) >= 11 is 0. The van der Waals surface area contributed by atoms with E-state index in [9.17, 15) is 34.8 Å². The second kappa shape index (κ2) is 10.4. The van der Waals surface area contributed by atoms with Crippen LogP contribution >= 0.6 is 0 Å². The Labute approximate surface area is 217 Å². The first-order chi connectivity index (χ1) is 17.8. The normalized spacial score (nSPS) is 14.3. The van der Waals surface area contributed by atoms with E-state index in [2.05, 4.69) is 9.88 Å². The summed E-state index contributed by atoms with van der Waals surface area (Å²) in [5, 5.41) is 3.74. The van der Waals surface area contributed by atoms with Gasteiger partial charge in [-0.25, -0.2) is 17.9 Å². The van der Waals surface area contributed by atoms with Crippen molar-refractivity contribution in [3.63, 3.8) is 0 Å². The number of nitrogens with one attached hydrogen (secondary N) is 2. The number of hydrogen-bond acceptors (Lipinski definition) is 7. The number of halogens is 3. The number of alkyl halides is 3. The van der Waals surface area contributed by atoms with E-state index in [0.717, 1.165) is 0 Å². The average molecular weight is 572 g/mol. The maximum absolute atomic E-state index is 12.9. The molecule has 38 heavy (non-hydrogen) atoms. The van der Waals surface area contributed by atoms with Crippen molar-refractivity contribution in [1.82, 2.24) is 9.88 Å². The zero-order valence-corrected chi connectivity index (χ0v) is 21.7. The van der Waals surface area contributed by atoms with Crippen LogP contribution in [0.5, 0.6) is 0 Å². The number of nitrogens with zero attached hydrogens (tertiary/aromatic N) is 1. The van der Waals surface area contributed by atoms with Gasteiger partial charge < -0.3 is 4.52 Å². The van der Waals surface area contributed by atoms with Crippen LogP contribution in [0.3, 0.4) is 0 Å². The van der Waals surface area contributed by atoms with E-state index in [4.69, 9.17) is 4.52 Å². The molecule has 0 unspecified atom stereocenters. The molecule has 1 amide bonds. The van der Waals surface area contributed by atoms with E-state index in [0.29, 0.717) is 48.1 Å². The van der Waals surface area contributed by atoms with Crippen LogP contribution in [0.25, 0.3) is 11.1 Å². The van der Waals surface area contributed by atoms with Gasteiger partial charge in [-0.3, -0.25) is 4.79 Å². The molecule has 1 fully saturated rings. The van der Waals surface area contributed by atoms with Gasteiger partial charge in [-0.2, -0.15) is 21.6 Å². The molecule has 204 valence electrons. The molecule has 0 radical (unpaired) electrons. The van der Waals surface area contributed by atoms with Crippen LogP contribution in [-0.4, -0.2) is 33.4 Å². The number of amides is 1. The van der Waals surface area contributed by atoms with Crippen molar-refractivity contribution < 1.29 is 39.3 Å². The van der Waals surface area contributed by atoms with E-state index in [1.807, 2.05) is 6.92 Å². The number of aryl methyl sites for hydroxylation is 1. The molecule has 0 saturated heterocycles. The van der Waals surface area contributed by atoms with Gasteiger partial charge in [0.1, 0.15) is 0 Å². The molecule has 0 atom stereocenters. The molecular formula is C24H24F3N3O6S2. The monoisotopic (exact) mass is 571 g/mol. The highest BCUT2D eigenvalue weighted by atomic mass is 32.2. The maximum atomic E-state index is 12.9. The molecule has 2 N–H and O–H groups in total. The number of sulfonamides is 2. The van der Waals surface area contributed by atoms with Crippen LogP contribution in [0.2, 0.25) is 0 Å². The summed E-state index contributed by atoms with van der Waals surface area (Å²) in [4.78, 5) is 12.0. The molecule has 14 heteroatoms. The minimum absolute atomic E-state index is 0.00617. The summed E-state index contributed by atoms with van der Waals surface area (Å²) < 4.78 is 96.1. The van der Waals surface area contributed by atoms with Crippen molar-refractivity contribution in [3.05, 3.63) is 65.4 Å².